The number of rotatable bonds is 7. The molecule has 0 atom stereocenters. The molecule has 2 aromatic heterocycles. The number of hydrogen-bond acceptors (Lipinski definition) is 4. The van der Waals surface area contributed by atoms with E-state index in [2.05, 4.69) is 17.9 Å². The molecule has 0 bridgehead atoms. The average molecular weight is 289 g/mol. The van der Waals surface area contributed by atoms with Gasteiger partial charge in [0.1, 0.15) is 5.76 Å². The second kappa shape index (κ2) is 5.94. The van der Waals surface area contributed by atoms with Crippen molar-refractivity contribution in [1.29, 1.82) is 0 Å². The average Bonchev–Trinajstić information content (AvgIpc) is 2.98. The Morgan fingerprint density at radius 1 is 1.40 bits per heavy atom. The van der Waals surface area contributed by atoms with E-state index in [4.69, 9.17) is 4.42 Å². The largest absolute Gasteiger partial charge is 0.468 e. The standard InChI is InChI=1S/C16H19NO2S/c1-2-14-7-8-16(20-14)15(18)11-17(12-5-6-12)10-13-4-3-9-19-13/h3-4,7-9,12H,2,5-6,10-11H2,1H3. The smallest absolute Gasteiger partial charge is 0.186 e. The first-order valence-electron chi connectivity index (χ1n) is 7.14. The first-order valence-corrected chi connectivity index (χ1v) is 7.96. The molecule has 0 spiro atoms. The maximum Gasteiger partial charge on any atom is 0.186 e. The normalized spacial score (nSPS) is 14.9. The fourth-order valence-corrected chi connectivity index (χ4v) is 3.21. The van der Waals surface area contributed by atoms with Crippen LogP contribution < -0.4 is 0 Å². The fraction of sp³-hybridized carbons (Fsp3) is 0.438. The molecule has 0 aliphatic heterocycles. The number of furan rings is 1. The monoisotopic (exact) mass is 289 g/mol. The Hall–Kier alpha value is -1.39. The Morgan fingerprint density at radius 3 is 2.85 bits per heavy atom. The van der Waals surface area contributed by atoms with Crippen LogP contribution in [0.3, 0.4) is 0 Å². The molecule has 1 aliphatic carbocycles. The summed E-state index contributed by atoms with van der Waals surface area (Å²) in [5, 5.41) is 0. The molecule has 1 saturated carbocycles. The van der Waals surface area contributed by atoms with Crippen molar-refractivity contribution in [2.45, 2.75) is 38.8 Å². The minimum Gasteiger partial charge on any atom is -0.468 e. The van der Waals surface area contributed by atoms with E-state index in [1.807, 2.05) is 18.2 Å². The number of carbonyl (C=O) groups excluding carboxylic acids is 1. The van der Waals surface area contributed by atoms with Crippen molar-refractivity contribution in [2.24, 2.45) is 0 Å². The molecule has 0 amide bonds. The Balaban J connectivity index is 1.65. The third-order valence-corrected chi connectivity index (χ3v) is 4.90. The Morgan fingerprint density at radius 2 is 2.25 bits per heavy atom. The topological polar surface area (TPSA) is 33.5 Å². The van der Waals surface area contributed by atoms with Gasteiger partial charge in [-0.15, -0.1) is 11.3 Å². The molecule has 0 N–H and O–H groups in total. The van der Waals surface area contributed by atoms with Crippen molar-refractivity contribution < 1.29 is 9.21 Å². The molecule has 3 rings (SSSR count). The Bertz CT molecular complexity index is 569. The zero-order valence-electron chi connectivity index (χ0n) is 11.7. The summed E-state index contributed by atoms with van der Waals surface area (Å²) in [6.07, 6.45) is 5.07. The lowest BCUT2D eigenvalue weighted by molar-refractivity contribution is 0.0917. The second-order valence-electron chi connectivity index (χ2n) is 5.26. The van der Waals surface area contributed by atoms with Crippen molar-refractivity contribution in [3.05, 3.63) is 46.0 Å². The van der Waals surface area contributed by atoms with E-state index < -0.39 is 0 Å². The molecule has 2 heterocycles. The molecule has 0 unspecified atom stereocenters. The highest BCUT2D eigenvalue weighted by Crippen LogP contribution is 2.29. The highest BCUT2D eigenvalue weighted by atomic mass is 32.1. The molecule has 20 heavy (non-hydrogen) atoms. The van der Waals surface area contributed by atoms with Crippen molar-refractivity contribution in [3.63, 3.8) is 0 Å². The number of aryl methyl sites for hydroxylation is 1. The van der Waals surface area contributed by atoms with E-state index in [0.29, 0.717) is 12.6 Å². The quantitative estimate of drug-likeness (QED) is 0.728. The molecule has 3 nitrogen and oxygen atoms in total. The molecule has 1 aliphatic rings. The van der Waals surface area contributed by atoms with Gasteiger partial charge in [-0.1, -0.05) is 6.92 Å². The number of nitrogens with zero attached hydrogens (tertiary/aromatic N) is 1. The van der Waals surface area contributed by atoms with E-state index in [1.165, 1.54) is 17.7 Å². The van der Waals surface area contributed by atoms with Gasteiger partial charge in [0, 0.05) is 10.9 Å². The summed E-state index contributed by atoms with van der Waals surface area (Å²) >= 11 is 1.62. The summed E-state index contributed by atoms with van der Waals surface area (Å²) < 4.78 is 5.40. The van der Waals surface area contributed by atoms with Gasteiger partial charge in [0.05, 0.1) is 24.2 Å². The minimum absolute atomic E-state index is 0.230. The van der Waals surface area contributed by atoms with Gasteiger partial charge in [0.2, 0.25) is 0 Å². The SMILES string of the molecule is CCc1ccc(C(=O)CN(Cc2ccco2)C2CC2)s1. The van der Waals surface area contributed by atoms with Crippen molar-refractivity contribution >= 4 is 17.1 Å². The molecule has 4 heteroatoms. The van der Waals surface area contributed by atoms with Crippen LogP contribution in [-0.2, 0) is 13.0 Å². The van der Waals surface area contributed by atoms with Crippen molar-refractivity contribution in [1.82, 2.24) is 4.90 Å². The summed E-state index contributed by atoms with van der Waals surface area (Å²) in [5.41, 5.74) is 0. The lowest BCUT2D eigenvalue weighted by atomic mass is 10.2. The van der Waals surface area contributed by atoms with Gasteiger partial charge in [-0.25, -0.2) is 0 Å². The van der Waals surface area contributed by atoms with Crippen molar-refractivity contribution in [2.75, 3.05) is 6.54 Å². The van der Waals surface area contributed by atoms with E-state index in [1.54, 1.807) is 17.6 Å². The lowest BCUT2D eigenvalue weighted by Gasteiger charge is -2.19. The molecule has 1 fully saturated rings. The minimum atomic E-state index is 0.230. The molecule has 106 valence electrons. The van der Waals surface area contributed by atoms with Crippen LogP contribution in [0.1, 0.15) is 40.1 Å². The first kappa shape index (κ1) is 13.6. The van der Waals surface area contributed by atoms with E-state index in [9.17, 15) is 4.79 Å². The highest BCUT2D eigenvalue weighted by molar-refractivity contribution is 7.14. The predicted molar refractivity (Wildman–Crippen MR) is 80.2 cm³/mol. The van der Waals surface area contributed by atoms with Crippen molar-refractivity contribution in [3.8, 4) is 0 Å². The molecular formula is C16H19NO2S. The maximum absolute atomic E-state index is 12.4. The molecule has 0 saturated heterocycles. The number of carbonyl (C=O) groups is 1. The third-order valence-electron chi connectivity index (χ3n) is 3.63. The van der Waals surface area contributed by atoms with Gasteiger partial charge < -0.3 is 4.42 Å². The molecule has 2 aromatic rings. The second-order valence-corrected chi connectivity index (χ2v) is 6.43. The number of Topliss-reactive ketones (excluding diaryl/α,β-unsaturated/α-hetero) is 1. The molecule has 0 radical (unpaired) electrons. The zero-order valence-corrected chi connectivity index (χ0v) is 12.5. The van der Waals surface area contributed by atoms with Gasteiger partial charge in [-0.05, 0) is 43.5 Å². The van der Waals surface area contributed by atoms with Crippen LogP contribution in [0.25, 0.3) is 0 Å². The van der Waals surface area contributed by atoms with Crippen LogP contribution in [0.4, 0.5) is 0 Å². The van der Waals surface area contributed by atoms with E-state index >= 15 is 0 Å². The summed E-state index contributed by atoms with van der Waals surface area (Å²) in [7, 11) is 0. The third kappa shape index (κ3) is 3.19. The summed E-state index contributed by atoms with van der Waals surface area (Å²) in [4.78, 5) is 16.8. The van der Waals surface area contributed by atoms with E-state index in [-0.39, 0.29) is 5.78 Å². The van der Waals surface area contributed by atoms with Gasteiger partial charge >= 0.3 is 0 Å². The highest BCUT2D eigenvalue weighted by Gasteiger charge is 2.31. The summed E-state index contributed by atoms with van der Waals surface area (Å²) in [6.45, 7) is 3.35. The number of hydrogen-bond donors (Lipinski definition) is 0. The predicted octanol–water partition coefficient (Wildman–Crippen LogP) is 3.75. The van der Waals surface area contributed by atoms with Crippen LogP contribution in [0.2, 0.25) is 0 Å². The Kier molecular flexibility index (Phi) is 4.03. The Labute approximate surface area is 123 Å². The summed E-state index contributed by atoms with van der Waals surface area (Å²) in [6, 6.07) is 8.44. The maximum atomic E-state index is 12.4. The fourth-order valence-electron chi connectivity index (χ4n) is 2.34. The van der Waals surface area contributed by atoms with Gasteiger partial charge in [0.15, 0.2) is 5.78 Å². The number of thiophene rings is 1. The van der Waals surface area contributed by atoms with Gasteiger partial charge in [0.25, 0.3) is 0 Å². The zero-order chi connectivity index (χ0) is 13.9. The first-order chi connectivity index (χ1) is 9.76. The van der Waals surface area contributed by atoms with Gasteiger partial charge in [-0.2, -0.15) is 0 Å². The van der Waals surface area contributed by atoms with Crippen LogP contribution >= 0.6 is 11.3 Å². The molecular weight excluding hydrogens is 270 g/mol. The lowest BCUT2D eigenvalue weighted by Crippen LogP contribution is -2.31. The number of ketones is 1. The van der Waals surface area contributed by atoms with Crippen LogP contribution in [0.5, 0.6) is 0 Å². The molecule has 0 aromatic carbocycles. The summed E-state index contributed by atoms with van der Waals surface area (Å²) in [5.74, 6) is 1.17. The van der Waals surface area contributed by atoms with Crippen LogP contribution in [0.15, 0.2) is 34.9 Å². The van der Waals surface area contributed by atoms with Gasteiger partial charge in [-0.3, -0.25) is 9.69 Å². The van der Waals surface area contributed by atoms with E-state index in [0.717, 1.165) is 23.6 Å². The van der Waals surface area contributed by atoms with Crippen LogP contribution in [0, 0.1) is 0 Å². The van der Waals surface area contributed by atoms with Crippen LogP contribution in [-0.4, -0.2) is 23.3 Å².